The highest BCUT2D eigenvalue weighted by molar-refractivity contribution is 5.75. The van der Waals surface area contributed by atoms with Gasteiger partial charge in [-0.2, -0.15) is 0 Å². The second-order valence-electron chi connectivity index (χ2n) is 2.94. The molecule has 1 heterocycles. The fourth-order valence-electron chi connectivity index (χ4n) is 1.17. The zero-order valence-electron chi connectivity index (χ0n) is 7.40. The van der Waals surface area contributed by atoms with Crippen molar-refractivity contribution >= 4 is 5.97 Å². The van der Waals surface area contributed by atoms with Gasteiger partial charge in [-0.1, -0.05) is 0 Å². The fraction of sp³-hybridized carbons (Fsp3) is 0.857. The molecule has 0 aliphatic carbocycles. The molecule has 0 aromatic rings. The summed E-state index contributed by atoms with van der Waals surface area (Å²) in [6.07, 6.45) is -8.14. The molecule has 7 nitrogen and oxygen atoms in total. The van der Waals surface area contributed by atoms with E-state index in [4.69, 9.17) is 10.2 Å². The van der Waals surface area contributed by atoms with Crippen LogP contribution >= 0.6 is 0 Å². The highest BCUT2D eigenvalue weighted by atomic mass is 16.7. The molecule has 0 unspecified atom stereocenters. The summed E-state index contributed by atoms with van der Waals surface area (Å²) in [5.41, 5.74) is 0. The molecule has 0 radical (unpaired) electrons. The van der Waals surface area contributed by atoms with Crippen molar-refractivity contribution in [2.45, 2.75) is 30.7 Å². The molecule has 0 aromatic carbocycles. The van der Waals surface area contributed by atoms with Crippen molar-refractivity contribution in [2.24, 2.45) is 0 Å². The molecule has 14 heavy (non-hydrogen) atoms. The molecule has 0 aromatic heterocycles. The lowest BCUT2D eigenvalue weighted by Crippen LogP contribution is -2.59. The van der Waals surface area contributed by atoms with Crippen LogP contribution in [0.15, 0.2) is 0 Å². The van der Waals surface area contributed by atoms with E-state index in [1.807, 2.05) is 0 Å². The summed E-state index contributed by atoms with van der Waals surface area (Å²) in [5.74, 6) is -0.928. The molecular formula is C7H12O7. The van der Waals surface area contributed by atoms with Gasteiger partial charge in [-0.25, -0.2) is 4.79 Å². The average molecular weight is 208 g/mol. The van der Waals surface area contributed by atoms with Crippen LogP contribution in [0.1, 0.15) is 0 Å². The summed E-state index contributed by atoms with van der Waals surface area (Å²) in [5, 5.41) is 36.5. The number of esters is 1. The Morgan fingerprint density at radius 1 is 1.14 bits per heavy atom. The highest BCUT2D eigenvalue weighted by Crippen LogP contribution is 2.20. The first kappa shape index (κ1) is 11.3. The number of hydrogen-bond donors (Lipinski definition) is 4. The summed E-state index contributed by atoms with van der Waals surface area (Å²) < 4.78 is 8.82. The Kier molecular flexibility index (Phi) is 3.40. The Labute approximate surface area is 79.5 Å². The number of rotatable bonds is 1. The predicted molar refractivity (Wildman–Crippen MR) is 40.9 cm³/mol. The maximum Gasteiger partial charge on any atom is 0.337 e. The normalized spacial score (nSPS) is 43.4. The van der Waals surface area contributed by atoms with Gasteiger partial charge >= 0.3 is 5.97 Å². The molecule has 0 saturated carbocycles. The molecule has 4 N–H and O–H groups in total. The van der Waals surface area contributed by atoms with Gasteiger partial charge in [-0.05, 0) is 0 Å². The Hall–Kier alpha value is -0.730. The summed E-state index contributed by atoms with van der Waals surface area (Å²) >= 11 is 0. The topological polar surface area (TPSA) is 116 Å². The minimum atomic E-state index is -1.72. The lowest BCUT2D eigenvalue weighted by atomic mass is 9.99. The summed E-state index contributed by atoms with van der Waals surface area (Å²) in [6, 6.07) is 0. The zero-order valence-corrected chi connectivity index (χ0v) is 7.40. The van der Waals surface area contributed by atoms with E-state index in [0.717, 1.165) is 7.11 Å². The SMILES string of the molecule is COC(=O)[C@H]1O[C@@H](O)[C@@H](O)[C@H](O)[C@@H]1O. The van der Waals surface area contributed by atoms with Gasteiger partial charge in [0, 0.05) is 0 Å². The van der Waals surface area contributed by atoms with Gasteiger partial charge in [0.2, 0.25) is 0 Å². The van der Waals surface area contributed by atoms with Crippen LogP contribution in [0.25, 0.3) is 0 Å². The van der Waals surface area contributed by atoms with Crippen LogP contribution in [0, 0.1) is 0 Å². The monoisotopic (exact) mass is 208 g/mol. The molecule has 1 rings (SSSR count). The molecule has 7 heteroatoms. The molecule has 0 bridgehead atoms. The van der Waals surface area contributed by atoms with Crippen LogP contribution in [-0.4, -0.2) is 64.2 Å². The van der Waals surface area contributed by atoms with Crippen LogP contribution in [0.5, 0.6) is 0 Å². The van der Waals surface area contributed by atoms with Crippen molar-refractivity contribution < 1.29 is 34.7 Å². The van der Waals surface area contributed by atoms with Crippen LogP contribution in [0.4, 0.5) is 0 Å². The molecule has 82 valence electrons. The van der Waals surface area contributed by atoms with Gasteiger partial charge in [-0.3, -0.25) is 0 Å². The van der Waals surface area contributed by atoms with Crippen molar-refractivity contribution in [3.05, 3.63) is 0 Å². The Bertz CT molecular complexity index is 218. The minimum absolute atomic E-state index is 0.928. The van der Waals surface area contributed by atoms with Gasteiger partial charge in [0.05, 0.1) is 7.11 Å². The van der Waals surface area contributed by atoms with Gasteiger partial charge in [0.25, 0.3) is 0 Å². The molecule has 5 atom stereocenters. The first-order chi connectivity index (χ1) is 6.49. The lowest BCUT2D eigenvalue weighted by molar-refractivity contribution is -0.280. The first-order valence-corrected chi connectivity index (χ1v) is 3.94. The van der Waals surface area contributed by atoms with Gasteiger partial charge in [0.15, 0.2) is 12.4 Å². The maximum atomic E-state index is 11.0. The third kappa shape index (κ3) is 1.86. The predicted octanol–water partition coefficient (Wildman–Crippen LogP) is -3.04. The molecule has 0 spiro atoms. The van der Waals surface area contributed by atoms with Crippen molar-refractivity contribution in [3.8, 4) is 0 Å². The number of aliphatic hydroxyl groups excluding tert-OH is 4. The highest BCUT2D eigenvalue weighted by Gasteiger charge is 2.46. The number of carbonyl (C=O) groups is 1. The van der Waals surface area contributed by atoms with Crippen LogP contribution in [-0.2, 0) is 14.3 Å². The quantitative estimate of drug-likeness (QED) is 0.338. The van der Waals surface area contributed by atoms with E-state index < -0.39 is 36.7 Å². The minimum Gasteiger partial charge on any atom is -0.467 e. The van der Waals surface area contributed by atoms with E-state index >= 15 is 0 Å². The van der Waals surface area contributed by atoms with E-state index in [2.05, 4.69) is 9.47 Å². The second kappa shape index (κ2) is 4.20. The zero-order chi connectivity index (χ0) is 10.9. The van der Waals surface area contributed by atoms with Crippen molar-refractivity contribution in [1.82, 2.24) is 0 Å². The number of hydrogen-bond acceptors (Lipinski definition) is 7. The summed E-state index contributed by atoms with van der Waals surface area (Å²) in [4.78, 5) is 11.0. The van der Waals surface area contributed by atoms with Crippen molar-refractivity contribution in [2.75, 3.05) is 7.11 Å². The van der Waals surface area contributed by atoms with E-state index in [1.54, 1.807) is 0 Å². The Morgan fingerprint density at radius 2 is 1.71 bits per heavy atom. The summed E-state index contributed by atoms with van der Waals surface area (Å²) in [7, 11) is 1.07. The van der Waals surface area contributed by atoms with E-state index in [0.29, 0.717) is 0 Å². The fourth-order valence-corrected chi connectivity index (χ4v) is 1.17. The lowest BCUT2D eigenvalue weighted by Gasteiger charge is -2.36. The molecule has 1 saturated heterocycles. The standard InChI is InChI=1S/C7H12O7/c1-13-7(12)5-3(9)2(8)4(10)6(11)14-5/h2-6,8-11H,1H3/t2-,3+,4+,5+,6-/m1/s1. The molecule has 0 amide bonds. The third-order valence-corrected chi connectivity index (χ3v) is 2.02. The maximum absolute atomic E-state index is 11.0. The Balaban J connectivity index is 2.75. The van der Waals surface area contributed by atoms with Gasteiger partial charge in [0.1, 0.15) is 18.3 Å². The van der Waals surface area contributed by atoms with E-state index in [1.165, 1.54) is 0 Å². The Morgan fingerprint density at radius 3 is 2.21 bits per heavy atom. The second-order valence-corrected chi connectivity index (χ2v) is 2.94. The number of carbonyl (C=O) groups excluding carboxylic acids is 1. The van der Waals surface area contributed by atoms with Gasteiger partial charge < -0.3 is 29.9 Å². The van der Waals surface area contributed by atoms with Crippen LogP contribution < -0.4 is 0 Å². The number of aliphatic hydroxyl groups is 4. The first-order valence-electron chi connectivity index (χ1n) is 3.94. The van der Waals surface area contributed by atoms with Crippen molar-refractivity contribution in [1.29, 1.82) is 0 Å². The smallest absolute Gasteiger partial charge is 0.337 e. The van der Waals surface area contributed by atoms with E-state index in [9.17, 15) is 15.0 Å². The van der Waals surface area contributed by atoms with Crippen LogP contribution in [0.3, 0.4) is 0 Å². The average Bonchev–Trinajstić information content (AvgIpc) is 2.19. The van der Waals surface area contributed by atoms with Crippen LogP contribution in [0.2, 0.25) is 0 Å². The van der Waals surface area contributed by atoms with Gasteiger partial charge in [-0.15, -0.1) is 0 Å². The molecule has 1 aliphatic heterocycles. The largest absolute Gasteiger partial charge is 0.467 e. The molecule has 1 aliphatic rings. The number of ether oxygens (including phenoxy) is 2. The third-order valence-electron chi connectivity index (χ3n) is 2.02. The molecule has 1 fully saturated rings. The van der Waals surface area contributed by atoms with E-state index in [-0.39, 0.29) is 0 Å². The summed E-state index contributed by atoms with van der Waals surface area (Å²) in [6.45, 7) is 0. The van der Waals surface area contributed by atoms with Crippen molar-refractivity contribution in [3.63, 3.8) is 0 Å². The number of methoxy groups -OCH3 is 1. The molecular weight excluding hydrogens is 196 g/mol.